The Balaban J connectivity index is 2.03. The summed E-state index contributed by atoms with van der Waals surface area (Å²) in [6, 6.07) is 5.59. The van der Waals surface area contributed by atoms with Gasteiger partial charge in [0.05, 0.1) is 19.3 Å². The van der Waals surface area contributed by atoms with E-state index in [-0.39, 0.29) is 5.56 Å². The van der Waals surface area contributed by atoms with Crippen LogP contribution >= 0.6 is 0 Å². The number of fused-ring (bicyclic) bond motifs is 1. The van der Waals surface area contributed by atoms with Crippen LogP contribution in [0.15, 0.2) is 30.3 Å². The zero-order valence-corrected chi connectivity index (χ0v) is 10.5. The van der Waals surface area contributed by atoms with Gasteiger partial charge in [-0.2, -0.15) is 0 Å². The van der Waals surface area contributed by atoms with Crippen LogP contribution in [0, 0.1) is 17.5 Å². The predicted octanol–water partition coefficient (Wildman–Crippen LogP) is 3.18. The summed E-state index contributed by atoms with van der Waals surface area (Å²) in [5, 5.41) is 0. The highest BCUT2D eigenvalue weighted by molar-refractivity contribution is 5.39. The Morgan fingerprint density at radius 1 is 0.950 bits per heavy atom. The monoisotopic (exact) mass is 279 g/mol. The zero-order chi connectivity index (χ0) is 14.3. The van der Waals surface area contributed by atoms with Crippen LogP contribution in [0.25, 0.3) is 0 Å². The second kappa shape index (κ2) is 4.92. The van der Waals surface area contributed by atoms with Gasteiger partial charge in [0, 0.05) is 17.7 Å². The van der Waals surface area contributed by atoms with Crippen molar-refractivity contribution in [1.29, 1.82) is 0 Å². The molecule has 0 aliphatic carbocycles. The molecule has 0 amide bonds. The molecule has 5 heteroatoms. The standard InChI is InChI=1S/C15H12F3NO/c16-11-4-12(17)14(13(18)5-11)15(19)8-1-2-9-6-20-7-10(9)3-8/h1-5,15H,6-7,19H2. The van der Waals surface area contributed by atoms with Crippen molar-refractivity contribution in [2.45, 2.75) is 19.3 Å². The van der Waals surface area contributed by atoms with E-state index in [1.54, 1.807) is 12.1 Å². The first-order valence-electron chi connectivity index (χ1n) is 6.15. The Morgan fingerprint density at radius 2 is 1.60 bits per heavy atom. The van der Waals surface area contributed by atoms with Gasteiger partial charge < -0.3 is 10.5 Å². The smallest absolute Gasteiger partial charge is 0.134 e. The zero-order valence-electron chi connectivity index (χ0n) is 10.5. The molecule has 1 atom stereocenters. The second-order valence-electron chi connectivity index (χ2n) is 4.78. The van der Waals surface area contributed by atoms with E-state index in [9.17, 15) is 13.2 Å². The SMILES string of the molecule is NC(c1ccc2c(c1)COC2)c1c(F)cc(F)cc1F. The van der Waals surface area contributed by atoms with Gasteiger partial charge in [0.15, 0.2) is 0 Å². The molecule has 1 unspecified atom stereocenters. The van der Waals surface area contributed by atoms with E-state index < -0.39 is 23.5 Å². The number of halogens is 3. The molecular formula is C15H12F3NO. The highest BCUT2D eigenvalue weighted by Crippen LogP contribution is 2.29. The van der Waals surface area contributed by atoms with Crippen LogP contribution in [0.5, 0.6) is 0 Å². The van der Waals surface area contributed by atoms with Gasteiger partial charge >= 0.3 is 0 Å². The van der Waals surface area contributed by atoms with Gasteiger partial charge in [-0.1, -0.05) is 18.2 Å². The summed E-state index contributed by atoms with van der Waals surface area (Å²) >= 11 is 0. The molecule has 0 spiro atoms. The first kappa shape index (κ1) is 13.1. The molecule has 3 rings (SSSR count). The lowest BCUT2D eigenvalue weighted by molar-refractivity contribution is 0.134. The van der Waals surface area contributed by atoms with Crippen LogP contribution in [0.1, 0.15) is 28.3 Å². The van der Waals surface area contributed by atoms with E-state index in [2.05, 4.69) is 0 Å². The molecule has 1 aliphatic heterocycles. The lowest BCUT2D eigenvalue weighted by Crippen LogP contribution is -2.16. The van der Waals surface area contributed by atoms with E-state index in [0.29, 0.717) is 30.9 Å². The van der Waals surface area contributed by atoms with Crippen LogP contribution < -0.4 is 5.73 Å². The van der Waals surface area contributed by atoms with Gasteiger partial charge in [0.2, 0.25) is 0 Å². The summed E-state index contributed by atoms with van der Waals surface area (Å²) in [7, 11) is 0. The fourth-order valence-corrected chi connectivity index (χ4v) is 2.40. The number of ether oxygens (including phenoxy) is 1. The number of rotatable bonds is 2. The number of nitrogens with two attached hydrogens (primary N) is 1. The largest absolute Gasteiger partial charge is 0.372 e. The van der Waals surface area contributed by atoms with Crippen LogP contribution in [-0.2, 0) is 18.0 Å². The van der Waals surface area contributed by atoms with Crippen LogP contribution in [0.3, 0.4) is 0 Å². The molecule has 0 radical (unpaired) electrons. The minimum Gasteiger partial charge on any atom is -0.372 e. The molecule has 0 saturated carbocycles. The fraction of sp³-hybridized carbons (Fsp3) is 0.200. The third-order valence-corrected chi connectivity index (χ3v) is 3.46. The minimum atomic E-state index is -0.985. The molecule has 2 aromatic carbocycles. The first-order chi connectivity index (χ1) is 9.56. The van der Waals surface area contributed by atoms with Crippen molar-refractivity contribution >= 4 is 0 Å². The third kappa shape index (κ3) is 2.19. The topological polar surface area (TPSA) is 35.2 Å². The molecule has 104 valence electrons. The maximum absolute atomic E-state index is 13.7. The number of hydrogen-bond donors (Lipinski definition) is 1. The summed E-state index contributed by atoms with van der Waals surface area (Å²) in [6.45, 7) is 0.994. The van der Waals surface area contributed by atoms with E-state index in [4.69, 9.17) is 10.5 Å². The normalized spacial score (nSPS) is 15.2. The Morgan fingerprint density at radius 3 is 2.30 bits per heavy atom. The van der Waals surface area contributed by atoms with Crippen molar-refractivity contribution in [1.82, 2.24) is 0 Å². The average Bonchev–Trinajstić information content (AvgIpc) is 2.84. The lowest BCUT2D eigenvalue weighted by Gasteiger charge is -2.15. The maximum atomic E-state index is 13.7. The van der Waals surface area contributed by atoms with Crippen molar-refractivity contribution in [2.75, 3.05) is 0 Å². The van der Waals surface area contributed by atoms with Gasteiger partial charge in [-0.25, -0.2) is 13.2 Å². The molecule has 20 heavy (non-hydrogen) atoms. The summed E-state index contributed by atoms with van der Waals surface area (Å²) < 4.78 is 45.7. The van der Waals surface area contributed by atoms with Crippen molar-refractivity contribution in [3.05, 3.63) is 70.0 Å². The molecule has 2 aromatic rings. The maximum Gasteiger partial charge on any atom is 0.134 e. The summed E-state index contributed by atoms with van der Waals surface area (Å²) in [5.41, 5.74) is 8.16. The Bertz CT molecular complexity index is 649. The average molecular weight is 279 g/mol. The van der Waals surface area contributed by atoms with Crippen LogP contribution in [0.4, 0.5) is 13.2 Å². The summed E-state index contributed by atoms with van der Waals surface area (Å²) in [6.07, 6.45) is 0. The van der Waals surface area contributed by atoms with Crippen molar-refractivity contribution < 1.29 is 17.9 Å². The lowest BCUT2D eigenvalue weighted by atomic mass is 9.95. The quantitative estimate of drug-likeness (QED) is 0.916. The van der Waals surface area contributed by atoms with Gasteiger partial charge in [-0.3, -0.25) is 0 Å². The van der Waals surface area contributed by atoms with E-state index in [1.807, 2.05) is 6.07 Å². The van der Waals surface area contributed by atoms with Crippen molar-refractivity contribution in [3.63, 3.8) is 0 Å². The van der Waals surface area contributed by atoms with Crippen LogP contribution in [-0.4, -0.2) is 0 Å². The molecular weight excluding hydrogens is 267 g/mol. The summed E-state index contributed by atoms with van der Waals surface area (Å²) in [4.78, 5) is 0. The molecule has 1 aliphatic rings. The molecule has 0 fully saturated rings. The number of benzene rings is 2. The van der Waals surface area contributed by atoms with Gasteiger partial charge in [0.1, 0.15) is 17.5 Å². The van der Waals surface area contributed by atoms with E-state index >= 15 is 0 Å². The third-order valence-electron chi connectivity index (χ3n) is 3.46. The molecule has 0 bridgehead atoms. The first-order valence-corrected chi connectivity index (χ1v) is 6.15. The highest BCUT2D eigenvalue weighted by atomic mass is 19.1. The summed E-state index contributed by atoms with van der Waals surface area (Å²) in [5.74, 6) is -2.92. The highest BCUT2D eigenvalue weighted by Gasteiger charge is 2.21. The van der Waals surface area contributed by atoms with Crippen molar-refractivity contribution in [2.24, 2.45) is 5.73 Å². The van der Waals surface area contributed by atoms with E-state index in [1.165, 1.54) is 0 Å². The predicted molar refractivity (Wildman–Crippen MR) is 67.3 cm³/mol. The van der Waals surface area contributed by atoms with Gasteiger partial charge in [0.25, 0.3) is 0 Å². The van der Waals surface area contributed by atoms with Gasteiger partial charge in [-0.15, -0.1) is 0 Å². The Hall–Kier alpha value is -1.85. The molecule has 1 heterocycles. The molecule has 0 saturated heterocycles. The number of hydrogen-bond acceptors (Lipinski definition) is 2. The molecule has 0 aromatic heterocycles. The minimum absolute atomic E-state index is 0.328. The molecule has 2 nitrogen and oxygen atoms in total. The second-order valence-corrected chi connectivity index (χ2v) is 4.78. The van der Waals surface area contributed by atoms with E-state index in [0.717, 1.165) is 11.1 Å². The van der Waals surface area contributed by atoms with Gasteiger partial charge in [-0.05, 0) is 16.7 Å². The van der Waals surface area contributed by atoms with Crippen molar-refractivity contribution in [3.8, 4) is 0 Å². The van der Waals surface area contributed by atoms with Crippen LogP contribution in [0.2, 0.25) is 0 Å². The Labute approximate surface area is 114 Å². The molecule has 2 N–H and O–H groups in total. The fourth-order valence-electron chi connectivity index (χ4n) is 2.40. The Kier molecular flexibility index (Phi) is 3.23.